The molecule has 0 aliphatic rings. The molecule has 6 heteroatoms. The number of hydrogen-bond acceptors (Lipinski definition) is 5. The van der Waals surface area contributed by atoms with E-state index in [1.54, 1.807) is 19.1 Å². The highest BCUT2D eigenvalue weighted by Gasteiger charge is 2.19. The Balaban J connectivity index is 4.22. The summed E-state index contributed by atoms with van der Waals surface area (Å²) in [7, 11) is 3.22. The Kier molecular flexibility index (Phi) is 9.99. The van der Waals surface area contributed by atoms with Gasteiger partial charge in [0.1, 0.15) is 5.60 Å². The minimum Gasteiger partial charge on any atom is -0.460 e. The fourth-order valence-corrected chi connectivity index (χ4v) is 1.72. The minimum absolute atomic E-state index is 0.0611. The zero-order valence-corrected chi connectivity index (χ0v) is 13.9. The monoisotopic (exact) mass is 303 g/mol. The quantitative estimate of drug-likeness (QED) is 0.453. The van der Waals surface area contributed by atoms with Crippen molar-refractivity contribution in [3.8, 4) is 0 Å². The van der Waals surface area contributed by atoms with Gasteiger partial charge in [-0.1, -0.05) is 0 Å². The Morgan fingerprint density at radius 1 is 0.952 bits per heavy atom. The molecule has 0 radical (unpaired) electrons. The van der Waals surface area contributed by atoms with Crippen molar-refractivity contribution < 1.29 is 23.8 Å². The van der Waals surface area contributed by atoms with Gasteiger partial charge in [-0.25, -0.2) is 0 Å². The summed E-state index contributed by atoms with van der Waals surface area (Å²) in [4.78, 5) is 25.5. The molecule has 0 bridgehead atoms. The highest BCUT2D eigenvalue weighted by Crippen LogP contribution is 2.10. The molecule has 0 heterocycles. The molecule has 0 aliphatic heterocycles. The number of carbonyl (C=O) groups is 2. The first-order chi connectivity index (χ1) is 9.80. The Hall–Kier alpha value is -1.14. The van der Waals surface area contributed by atoms with Crippen LogP contribution in [0.4, 0.5) is 0 Å². The highest BCUT2D eigenvalue weighted by atomic mass is 16.6. The predicted molar refractivity (Wildman–Crippen MR) is 80.0 cm³/mol. The SMILES string of the molecule is COCCCN(CCOC)C(=O)CCC(=O)OC(C)(C)C. The zero-order valence-electron chi connectivity index (χ0n) is 13.9. The van der Waals surface area contributed by atoms with E-state index in [2.05, 4.69) is 0 Å². The molecular formula is C15H29NO5. The van der Waals surface area contributed by atoms with Crippen LogP contribution in [0.25, 0.3) is 0 Å². The van der Waals surface area contributed by atoms with Crippen molar-refractivity contribution in [1.29, 1.82) is 0 Å². The molecule has 0 saturated heterocycles. The maximum atomic E-state index is 12.1. The summed E-state index contributed by atoms with van der Waals surface area (Å²) in [6, 6.07) is 0. The first kappa shape index (κ1) is 19.9. The summed E-state index contributed by atoms with van der Waals surface area (Å²) in [6.45, 7) is 7.62. The maximum absolute atomic E-state index is 12.1. The van der Waals surface area contributed by atoms with Gasteiger partial charge in [0.05, 0.1) is 13.0 Å². The van der Waals surface area contributed by atoms with Crippen molar-refractivity contribution >= 4 is 11.9 Å². The molecule has 0 unspecified atom stereocenters. The van der Waals surface area contributed by atoms with Crippen LogP contribution >= 0.6 is 0 Å². The normalized spacial score (nSPS) is 11.3. The summed E-state index contributed by atoms with van der Waals surface area (Å²) >= 11 is 0. The molecular weight excluding hydrogens is 274 g/mol. The summed E-state index contributed by atoms with van der Waals surface area (Å²) in [5, 5.41) is 0. The van der Waals surface area contributed by atoms with Crippen LogP contribution in [0.1, 0.15) is 40.0 Å². The lowest BCUT2D eigenvalue weighted by Crippen LogP contribution is -2.35. The molecule has 0 spiro atoms. The van der Waals surface area contributed by atoms with Gasteiger partial charge in [-0.3, -0.25) is 9.59 Å². The van der Waals surface area contributed by atoms with Crippen molar-refractivity contribution in [2.45, 2.75) is 45.6 Å². The lowest BCUT2D eigenvalue weighted by Gasteiger charge is -2.23. The molecule has 21 heavy (non-hydrogen) atoms. The maximum Gasteiger partial charge on any atom is 0.306 e. The molecule has 0 aliphatic carbocycles. The lowest BCUT2D eigenvalue weighted by molar-refractivity contribution is -0.156. The number of hydrogen-bond donors (Lipinski definition) is 0. The molecule has 6 nitrogen and oxygen atoms in total. The van der Waals surface area contributed by atoms with Crippen LogP contribution in [0.3, 0.4) is 0 Å². The van der Waals surface area contributed by atoms with Gasteiger partial charge in [-0.2, -0.15) is 0 Å². The van der Waals surface area contributed by atoms with Crippen molar-refractivity contribution in [1.82, 2.24) is 4.90 Å². The number of ether oxygens (including phenoxy) is 3. The van der Waals surface area contributed by atoms with Crippen molar-refractivity contribution in [3.63, 3.8) is 0 Å². The fraction of sp³-hybridized carbons (Fsp3) is 0.867. The van der Waals surface area contributed by atoms with Gasteiger partial charge < -0.3 is 19.1 Å². The number of carbonyl (C=O) groups excluding carboxylic acids is 2. The van der Waals surface area contributed by atoms with Gasteiger partial charge in [-0.05, 0) is 27.2 Å². The third-order valence-corrected chi connectivity index (χ3v) is 2.66. The van der Waals surface area contributed by atoms with Crippen molar-refractivity contribution in [2.75, 3.05) is 40.5 Å². The van der Waals surface area contributed by atoms with Crippen LogP contribution < -0.4 is 0 Å². The van der Waals surface area contributed by atoms with E-state index in [9.17, 15) is 9.59 Å². The summed E-state index contributed by atoms with van der Waals surface area (Å²) in [5.74, 6) is -0.409. The molecule has 0 rings (SSSR count). The van der Waals surface area contributed by atoms with Crippen molar-refractivity contribution in [2.24, 2.45) is 0 Å². The van der Waals surface area contributed by atoms with Gasteiger partial charge in [-0.15, -0.1) is 0 Å². The van der Waals surface area contributed by atoms with Gasteiger partial charge in [0, 0.05) is 40.3 Å². The van der Waals surface area contributed by atoms with E-state index in [0.29, 0.717) is 26.3 Å². The molecule has 0 saturated carbocycles. The number of rotatable bonds is 10. The average molecular weight is 303 g/mol. The Bertz CT molecular complexity index is 312. The second-order valence-corrected chi connectivity index (χ2v) is 5.81. The second kappa shape index (κ2) is 10.6. The first-order valence-electron chi connectivity index (χ1n) is 7.27. The molecule has 0 atom stereocenters. The molecule has 0 fully saturated rings. The van der Waals surface area contributed by atoms with E-state index in [1.807, 2.05) is 20.8 Å². The Labute approximate surface area is 127 Å². The Morgan fingerprint density at radius 2 is 1.57 bits per heavy atom. The summed E-state index contributed by atoms with van der Waals surface area (Å²) < 4.78 is 15.2. The average Bonchev–Trinajstić information content (AvgIpc) is 2.38. The van der Waals surface area contributed by atoms with E-state index in [1.165, 1.54) is 0 Å². The van der Waals surface area contributed by atoms with Crippen LogP contribution in [-0.2, 0) is 23.8 Å². The number of amides is 1. The number of methoxy groups -OCH3 is 2. The fourth-order valence-electron chi connectivity index (χ4n) is 1.72. The lowest BCUT2D eigenvalue weighted by atomic mass is 10.2. The number of esters is 1. The highest BCUT2D eigenvalue weighted by molar-refractivity contribution is 5.81. The van der Waals surface area contributed by atoms with Gasteiger partial charge in [0.2, 0.25) is 5.91 Å². The van der Waals surface area contributed by atoms with E-state index >= 15 is 0 Å². The smallest absolute Gasteiger partial charge is 0.306 e. The minimum atomic E-state index is -0.520. The largest absolute Gasteiger partial charge is 0.460 e. The summed E-state index contributed by atoms with van der Waals surface area (Å²) in [5.41, 5.74) is -0.520. The summed E-state index contributed by atoms with van der Waals surface area (Å²) in [6.07, 6.45) is 1.02. The molecule has 0 aromatic carbocycles. The third-order valence-electron chi connectivity index (χ3n) is 2.66. The zero-order chi connectivity index (χ0) is 16.3. The van der Waals surface area contributed by atoms with Crippen LogP contribution in [-0.4, -0.2) is 62.9 Å². The molecule has 124 valence electrons. The molecule has 0 aromatic heterocycles. The molecule has 1 amide bonds. The standard InChI is InChI=1S/C15H29NO5/c1-15(2,3)21-14(18)8-7-13(17)16(10-12-20-5)9-6-11-19-4/h6-12H2,1-5H3. The van der Waals surface area contributed by atoms with Gasteiger partial charge in [0.15, 0.2) is 0 Å². The van der Waals surface area contributed by atoms with Crippen LogP contribution in [0.2, 0.25) is 0 Å². The third kappa shape index (κ3) is 11.2. The second-order valence-electron chi connectivity index (χ2n) is 5.81. The van der Waals surface area contributed by atoms with Crippen LogP contribution in [0, 0.1) is 0 Å². The predicted octanol–water partition coefficient (Wildman–Crippen LogP) is 1.62. The topological polar surface area (TPSA) is 65.1 Å². The Morgan fingerprint density at radius 3 is 2.10 bits per heavy atom. The van der Waals surface area contributed by atoms with Gasteiger partial charge >= 0.3 is 5.97 Å². The van der Waals surface area contributed by atoms with E-state index in [-0.39, 0.29) is 24.7 Å². The van der Waals surface area contributed by atoms with E-state index in [4.69, 9.17) is 14.2 Å². The number of nitrogens with zero attached hydrogens (tertiary/aromatic N) is 1. The van der Waals surface area contributed by atoms with E-state index < -0.39 is 5.60 Å². The molecule has 0 aromatic rings. The van der Waals surface area contributed by atoms with Crippen LogP contribution in [0.15, 0.2) is 0 Å². The van der Waals surface area contributed by atoms with Gasteiger partial charge in [0.25, 0.3) is 0 Å². The van der Waals surface area contributed by atoms with Crippen molar-refractivity contribution in [3.05, 3.63) is 0 Å². The molecule has 0 N–H and O–H groups in total. The van der Waals surface area contributed by atoms with Crippen LogP contribution in [0.5, 0.6) is 0 Å². The first-order valence-corrected chi connectivity index (χ1v) is 7.27. The van der Waals surface area contributed by atoms with E-state index in [0.717, 1.165) is 6.42 Å².